The number of rotatable bonds is 4. The highest BCUT2D eigenvalue weighted by atomic mass is 16.2. The third kappa shape index (κ3) is 3.44. The van der Waals surface area contributed by atoms with Gasteiger partial charge in [0.05, 0.1) is 5.54 Å². The average Bonchev–Trinajstić information content (AvgIpc) is 2.37. The van der Waals surface area contributed by atoms with Crippen LogP contribution in [-0.4, -0.2) is 29.4 Å². The summed E-state index contributed by atoms with van der Waals surface area (Å²) in [5.41, 5.74) is 5.33. The second-order valence-corrected chi connectivity index (χ2v) is 5.77. The first kappa shape index (κ1) is 14.5. The van der Waals surface area contributed by atoms with E-state index < -0.39 is 5.54 Å². The van der Waals surface area contributed by atoms with Crippen LogP contribution >= 0.6 is 0 Å². The number of amides is 1. The summed E-state index contributed by atoms with van der Waals surface area (Å²) in [4.78, 5) is 14.1. The van der Waals surface area contributed by atoms with Crippen molar-refractivity contribution in [3.05, 3.63) is 0 Å². The Hall–Kier alpha value is -0.570. The summed E-state index contributed by atoms with van der Waals surface area (Å²) in [6.07, 6.45) is 6.76. The van der Waals surface area contributed by atoms with E-state index >= 15 is 0 Å². The molecule has 0 saturated heterocycles. The van der Waals surface area contributed by atoms with Crippen LogP contribution in [0, 0.1) is 5.92 Å². The zero-order valence-corrected chi connectivity index (χ0v) is 11.8. The first-order valence-electron chi connectivity index (χ1n) is 6.98. The number of carbonyl (C=O) groups excluding carboxylic acids is 1. The van der Waals surface area contributed by atoms with Crippen LogP contribution in [0.3, 0.4) is 0 Å². The Balaban J connectivity index is 2.54. The topological polar surface area (TPSA) is 46.3 Å². The predicted molar refractivity (Wildman–Crippen MR) is 71.7 cm³/mol. The summed E-state index contributed by atoms with van der Waals surface area (Å²) in [5, 5.41) is 0. The van der Waals surface area contributed by atoms with E-state index in [1.165, 1.54) is 19.3 Å². The van der Waals surface area contributed by atoms with Gasteiger partial charge in [-0.1, -0.05) is 20.3 Å². The van der Waals surface area contributed by atoms with Crippen molar-refractivity contribution in [2.45, 2.75) is 70.9 Å². The number of nitrogens with zero attached hydrogens (tertiary/aromatic N) is 1. The van der Waals surface area contributed by atoms with Crippen LogP contribution in [0.15, 0.2) is 0 Å². The van der Waals surface area contributed by atoms with Gasteiger partial charge in [0.1, 0.15) is 0 Å². The molecule has 1 rings (SSSR count). The quantitative estimate of drug-likeness (QED) is 0.821. The lowest BCUT2D eigenvalue weighted by Crippen LogP contribution is -2.54. The molecular formula is C14H28N2O. The molecule has 0 aromatic carbocycles. The molecule has 3 heteroatoms. The summed E-state index contributed by atoms with van der Waals surface area (Å²) in [6, 6.07) is 0.403. The Morgan fingerprint density at radius 3 is 2.24 bits per heavy atom. The van der Waals surface area contributed by atoms with Crippen LogP contribution in [0.5, 0.6) is 0 Å². The maximum atomic E-state index is 12.2. The first-order valence-corrected chi connectivity index (χ1v) is 6.98. The lowest BCUT2D eigenvalue weighted by Gasteiger charge is -2.38. The smallest absolute Gasteiger partial charge is 0.242 e. The van der Waals surface area contributed by atoms with Crippen molar-refractivity contribution in [3.63, 3.8) is 0 Å². The van der Waals surface area contributed by atoms with Gasteiger partial charge < -0.3 is 10.6 Å². The predicted octanol–water partition coefficient (Wildman–Crippen LogP) is 2.54. The van der Waals surface area contributed by atoms with E-state index in [1.807, 2.05) is 25.8 Å². The summed E-state index contributed by atoms with van der Waals surface area (Å²) >= 11 is 0. The van der Waals surface area contributed by atoms with Gasteiger partial charge in [-0.15, -0.1) is 0 Å². The van der Waals surface area contributed by atoms with Crippen LogP contribution in [0.4, 0.5) is 0 Å². The Kier molecular flexibility index (Phi) is 4.99. The van der Waals surface area contributed by atoms with Crippen LogP contribution in [0.1, 0.15) is 59.3 Å². The molecule has 1 aliphatic rings. The molecule has 0 aromatic rings. The maximum Gasteiger partial charge on any atom is 0.242 e. The summed E-state index contributed by atoms with van der Waals surface area (Å²) in [5.74, 6) is 0.963. The van der Waals surface area contributed by atoms with Gasteiger partial charge in [-0.25, -0.2) is 0 Å². The molecule has 0 aromatic heterocycles. The third-order valence-electron chi connectivity index (χ3n) is 4.48. The molecule has 100 valence electrons. The lowest BCUT2D eigenvalue weighted by atomic mass is 9.83. The molecule has 1 amide bonds. The SMILES string of the molecule is CCC1CCC(N(C)C(=O)C(C)(N)CC)CC1. The fourth-order valence-corrected chi connectivity index (χ4v) is 2.66. The van der Waals surface area contributed by atoms with E-state index in [9.17, 15) is 4.79 Å². The molecule has 0 bridgehead atoms. The van der Waals surface area contributed by atoms with Gasteiger partial charge in [-0.2, -0.15) is 0 Å². The minimum Gasteiger partial charge on any atom is -0.341 e. The molecule has 0 heterocycles. The van der Waals surface area contributed by atoms with Gasteiger partial charge in [-0.3, -0.25) is 4.79 Å². The second-order valence-electron chi connectivity index (χ2n) is 5.77. The highest BCUT2D eigenvalue weighted by Gasteiger charge is 2.33. The van der Waals surface area contributed by atoms with E-state index in [-0.39, 0.29) is 5.91 Å². The molecule has 1 atom stereocenters. The highest BCUT2D eigenvalue weighted by Crippen LogP contribution is 2.29. The number of nitrogens with two attached hydrogens (primary N) is 1. The zero-order valence-electron chi connectivity index (χ0n) is 11.8. The monoisotopic (exact) mass is 240 g/mol. The number of hydrogen-bond acceptors (Lipinski definition) is 2. The Bertz CT molecular complexity index is 255. The van der Waals surface area contributed by atoms with Crippen molar-refractivity contribution in [2.24, 2.45) is 11.7 Å². The summed E-state index contributed by atoms with van der Waals surface area (Å²) in [6.45, 7) is 6.07. The minimum atomic E-state index is -0.698. The van der Waals surface area contributed by atoms with E-state index in [4.69, 9.17) is 5.73 Å². The normalized spacial score (nSPS) is 28.5. The van der Waals surface area contributed by atoms with Crippen molar-refractivity contribution in [1.29, 1.82) is 0 Å². The molecule has 1 fully saturated rings. The van der Waals surface area contributed by atoms with Crippen molar-refractivity contribution < 1.29 is 4.79 Å². The fraction of sp³-hybridized carbons (Fsp3) is 0.929. The average molecular weight is 240 g/mol. The molecule has 0 radical (unpaired) electrons. The van der Waals surface area contributed by atoms with Gasteiger partial charge >= 0.3 is 0 Å². The van der Waals surface area contributed by atoms with Gasteiger partial charge in [0.15, 0.2) is 0 Å². The molecule has 0 aliphatic heterocycles. The molecule has 0 spiro atoms. The van der Waals surface area contributed by atoms with Gasteiger partial charge in [0, 0.05) is 13.1 Å². The molecule has 1 aliphatic carbocycles. The third-order valence-corrected chi connectivity index (χ3v) is 4.48. The number of carbonyl (C=O) groups is 1. The Labute approximate surface area is 106 Å². The van der Waals surface area contributed by atoms with Crippen molar-refractivity contribution in [3.8, 4) is 0 Å². The van der Waals surface area contributed by atoms with Crippen molar-refractivity contribution in [1.82, 2.24) is 4.90 Å². The standard InChI is InChI=1S/C14H28N2O/c1-5-11-7-9-12(10-8-11)16(4)13(17)14(3,15)6-2/h11-12H,5-10,15H2,1-4H3. The second kappa shape index (κ2) is 5.85. The van der Waals surface area contributed by atoms with Gasteiger partial charge in [0.2, 0.25) is 5.91 Å². The first-order chi connectivity index (χ1) is 7.92. The number of likely N-dealkylation sites (N-methyl/N-ethyl adjacent to an activating group) is 1. The summed E-state index contributed by atoms with van der Waals surface area (Å²) in [7, 11) is 1.92. The molecule has 2 N–H and O–H groups in total. The van der Waals surface area contributed by atoms with Crippen LogP contribution < -0.4 is 5.73 Å². The molecule has 17 heavy (non-hydrogen) atoms. The zero-order chi connectivity index (χ0) is 13.1. The number of hydrogen-bond donors (Lipinski definition) is 1. The maximum absolute atomic E-state index is 12.2. The Morgan fingerprint density at radius 1 is 1.29 bits per heavy atom. The van der Waals surface area contributed by atoms with Crippen molar-refractivity contribution in [2.75, 3.05) is 7.05 Å². The fourth-order valence-electron chi connectivity index (χ4n) is 2.66. The molecular weight excluding hydrogens is 212 g/mol. The molecule has 3 nitrogen and oxygen atoms in total. The lowest BCUT2D eigenvalue weighted by molar-refractivity contribution is -0.138. The van der Waals surface area contributed by atoms with Gasteiger partial charge in [0.25, 0.3) is 0 Å². The summed E-state index contributed by atoms with van der Waals surface area (Å²) < 4.78 is 0. The molecule has 1 unspecified atom stereocenters. The van der Waals surface area contributed by atoms with Gasteiger partial charge in [-0.05, 0) is 44.9 Å². The Morgan fingerprint density at radius 2 is 1.82 bits per heavy atom. The van der Waals surface area contributed by atoms with E-state index in [1.54, 1.807) is 0 Å². The van der Waals surface area contributed by atoms with Crippen LogP contribution in [-0.2, 0) is 4.79 Å². The van der Waals surface area contributed by atoms with Crippen molar-refractivity contribution >= 4 is 5.91 Å². The highest BCUT2D eigenvalue weighted by molar-refractivity contribution is 5.85. The van der Waals surface area contributed by atoms with E-state index in [2.05, 4.69) is 6.92 Å². The largest absolute Gasteiger partial charge is 0.341 e. The minimum absolute atomic E-state index is 0.0972. The van der Waals surface area contributed by atoms with E-state index in [0.717, 1.165) is 18.8 Å². The molecule has 1 saturated carbocycles. The van der Waals surface area contributed by atoms with E-state index in [0.29, 0.717) is 12.5 Å². The van der Waals surface area contributed by atoms with Crippen LogP contribution in [0.2, 0.25) is 0 Å². The van der Waals surface area contributed by atoms with Crippen LogP contribution in [0.25, 0.3) is 0 Å².